The summed E-state index contributed by atoms with van der Waals surface area (Å²) in [7, 11) is 0. The van der Waals surface area contributed by atoms with Crippen LogP contribution in [0.15, 0.2) is 72.8 Å². The van der Waals surface area contributed by atoms with Gasteiger partial charge in [-0.25, -0.2) is 17.6 Å². The molecule has 32 heavy (non-hydrogen) atoms. The quantitative estimate of drug-likeness (QED) is 0.221. The lowest BCUT2D eigenvalue weighted by Crippen LogP contribution is -1.96. The van der Waals surface area contributed by atoms with Gasteiger partial charge in [0.15, 0.2) is 17.5 Å². The van der Waals surface area contributed by atoms with Crippen molar-refractivity contribution in [2.45, 2.75) is 26.7 Å². The molecule has 0 radical (unpaired) electrons. The van der Waals surface area contributed by atoms with E-state index in [1.165, 1.54) is 28.8 Å². The molecule has 0 nitrogen and oxygen atoms in total. The van der Waals surface area contributed by atoms with Gasteiger partial charge in [0.05, 0.1) is 0 Å². The maximum Gasteiger partial charge on any atom is 0.194 e. The highest BCUT2D eigenvalue weighted by molar-refractivity contribution is 5.71. The van der Waals surface area contributed by atoms with Gasteiger partial charge in [-0.15, -0.1) is 0 Å². The van der Waals surface area contributed by atoms with Gasteiger partial charge in [-0.2, -0.15) is 0 Å². The van der Waals surface area contributed by atoms with Crippen LogP contribution in [0.4, 0.5) is 17.6 Å². The molecule has 0 amide bonds. The molecule has 0 bridgehead atoms. The van der Waals surface area contributed by atoms with Crippen LogP contribution in [0.5, 0.6) is 0 Å². The van der Waals surface area contributed by atoms with Crippen LogP contribution in [0.3, 0.4) is 0 Å². The summed E-state index contributed by atoms with van der Waals surface area (Å²) in [6, 6.07) is 20.6. The molecule has 0 aliphatic carbocycles. The topological polar surface area (TPSA) is 0 Å². The van der Waals surface area contributed by atoms with Crippen LogP contribution >= 0.6 is 0 Å². The lowest BCUT2D eigenvalue weighted by Gasteiger charge is -2.11. The Morgan fingerprint density at radius 2 is 1.16 bits per heavy atom. The Labute approximate surface area is 185 Å². The smallest absolute Gasteiger partial charge is 0.194 e. The molecule has 4 rings (SSSR count). The summed E-state index contributed by atoms with van der Waals surface area (Å²) >= 11 is 0. The first-order valence-corrected chi connectivity index (χ1v) is 10.4. The largest absolute Gasteiger partial charge is 0.206 e. The van der Waals surface area contributed by atoms with Gasteiger partial charge in [-0.1, -0.05) is 60.2 Å². The Bertz CT molecular complexity index is 1250. The van der Waals surface area contributed by atoms with E-state index >= 15 is 0 Å². The van der Waals surface area contributed by atoms with Crippen molar-refractivity contribution in [2.24, 2.45) is 0 Å². The van der Waals surface area contributed by atoms with Crippen molar-refractivity contribution in [1.29, 1.82) is 0 Å². The van der Waals surface area contributed by atoms with Crippen LogP contribution in [0.1, 0.15) is 22.3 Å². The third-order valence-electron chi connectivity index (χ3n) is 5.74. The Morgan fingerprint density at radius 3 is 1.78 bits per heavy atom. The van der Waals surface area contributed by atoms with E-state index in [-0.39, 0.29) is 11.1 Å². The van der Waals surface area contributed by atoms with Crippen LogP contribution in [-0.2, 0) is 12.8 Å². The fourth-order valence-electron chi connectivity index (χ4n) is 3.83. The SMILES string of the molecule is Cc1ccc(CCc2ccc(-c3ccc(-c4cc(F)c(F)c(F)c4)c(F)c3)cc2C)cc1. The predicted octanol–water partition coefficient (Wildman–Crippen LogP) is 7.98. The first kappa shape index (κ1) is 21.8. The van der Waals surface area contributed by atoms with Crippen LogP contribution in [0.25, 0.3) is 22.3 Å². The van der Waals surface area contributed by atoms with E-state index in [0.29, 0.717) is 5.56 Å². The second-order valence-electron chi connectivity index (χ2n) is 8.08. The Hall–Kier alpha value is -3.40. The van der Waals surface area contributed by atoms with E-state index in [0.717, 1.165) is 36.1 Å². The third-order valence-corrected chi connectivity index (χ3v) is 5.74. The molecule has 0 unspecified atom stereocenters. The van der Waals surface area contributed by atoms with E-state index in [4.69, 9.17) is 0 Å². The van der Waals surface area contributed by atoms with Gasteiger partial charge in [-0.05, 0) is 78.3 Å². The molecular weight excluding hydrogens is 412 g/mol. The second kappa shape index (κ2) is 8.99. The van der Waals surface area contributed by atoms with E-state index in [1.807, 2.05) is 19.1 Å². The highest BCUT2D eigenvalue weighted by Crippen LogP contribution is 2.30. The van der Waals surface area contributed by atoms with Crippen LogP contribution in [0.2, 0.25) is 0 Å². The molecule has 0 N–H and O–H groups in total. The Balaban J connectivity index is 1.55. The van der Waals surface area contributed by atoms with Crippen molar-refractivity contribution in [3.63, 3.8) is 0 Å². The van der Waals surface area contributed by atoms with Gasteiger partial charge < -0.3 is 0 Å². The number of halogens is 4. The number of hydrogen-bond donors (Lipinski definition) is 0. The highest BCUT2D eigenvalue weighted by atomic mass is 19.2. The minimum Gasteiger partial charge on any atom is -0.206 e. The molecule has 0 fully saturated rings. The molecule has 4 heteroatoms. The zero-order chi connectivity index (χ0) is 22.8. The Kier molecular flexibility index (Phi) is 6.13. The molecule has 0 saturated heterocycles. The third kappa shape index (κ3) is 4.59. The van der Waals surface area contributed by atoms with Crippen molar-refractivity contribution in [2.75, 3.05) is 0 Å². The monoisotopic (exact) mass is 434 g/mol. The van der Waals surface area contributed by atoms with Crippen LogP contribution in [-0.4, -0.2) is 0 Å². The summed E-state index contributed by atoms with van der Waals surface area (Å²) < 4.78 is 55.0. The fraction of sp³-hybridized carbons (Fsp3) is 0.143. The average molecular weight is 434 g/mol. The van der Waals surface area contributed by atoms with E-state index in [9.17, 15) is 17.6 Å². The molecule has 0 aromatic heterocycles. The number of rotatable bonds is 5. The molecule has 0 spiro atoms. The normalized spacial score (nSPS) is 11.1. The van der Waals surface area contributed by atoms with E-state index in [2.05, 4.69) is 37.3 Å². The summed E-state index contributed by atoms with van der Waals surface area (Å²) in [6.45, 7) is 4.10. The first-order valence-electron chi connectivity index (χ1n) is 10.4. The first-order chi connectivity index (χ1) is 15.3. The summed E-state index contributed by atoms with van der Waals surface area (Å²) in [4.78, 5) is 0. The van der Waals surface area contributed by atoms with Gasteiger partial charge >= 0.3 is 0 Å². The van der Waals surface area contributed by atoms with Crippen molar-refractivity contribution in [3.8, 4) is 22.3 Å². The summed E-state index contributed by atoms with van der Waals surface area (Å²) in [6.07, 6.45) is 1.85. The molecule has 0 saturated carbocycles. The highest BCUT2D eigenvalue weighted by Gasteiger charge is 2.15. The molecule has 162 valence electrons. The summed E-state index contributed by atoms with van der Waals surface area (Å²) in [5, 5.41) is 0. The van der Waals surface area contributed by atoms with Crippen molar-refractivity contribution < 1.29 is 17.6 Å². The van der Waals surface area contributed by atoms with Gasteiger partial charge in [0.25, 0.3) is 0 Å². The van der Waals surface area contributed by atoms with Crippen LogP contribution in [0, 0.1) is 37.1 Å². The molecule has 4 aromatic rings. The maximum atomic E-state index is 14.8. The maximum absolute atomic E-state index is 14.8. The zero-order valence-electron chi connectivity index (χ0n) is 17.9. The van der Waals surface area contributed by atoms with E-state index < -0.39 is 23.3 Å². The van der Waals surface area contributed by atoms with Gasteiger partial charge in [0, 0.05) is 5.56 Å². The lowest BCUT2D eigenvalue weighted by atomic mass is 9.94. The van der Waals surface area contributed by atoms with Crippen molar-refractivity contribution in [1.82, 2.24) is 0 Å². The molecule has 0 atom stereocenters. The predicted molar refractivity (Wildman–Crippen MR) is 120 cm³/mol. The minimum absolute atomic E-state index is 0.0120. The molecule has 0 aliphatic rings. The minimum atomic E-state index is -1.57. The van der Waals surface area contributed by atoms with Gasteiger partial charge in [-0.3, -0.25) is 0 Å². The molecule has 0 heterocycles. The second-order valence-corrected chi connectivity index (χ2v) is 8.08. The number of benzene rings is 4. The fourth-order valence-corrected chi connectivity index (χ4v) is 3.83. The Morgan fingerprint density at radius 1 is 0.562 bits per heavy atom. The lowest BCUT2D eigenvalue weighted by molar-refractivity contribution is 0.447. The summed E-state index contributed by atoms with van der Waals surface area (Å²) in [5.74, 6) is -4.89. The van der Waals surface area contributed by atoms with Crippen molar-refractivity contribution >= 4 is 0 Å². The molecule has 4 aromatic carbocycles. The average Bonchev–Trinajstić information content (AvgIpc) is 2.77. The number of hydrogen-bond acceptors (Lipinski definition) is 0. The molecule has 0 aliphatic heterocycles. The van der Waals surface area contributed by atoms with E-state index in [1.54, 1.807) is 6.07 Å². The standard InChI is InChI=1S/C28H22F4/c1-17-3-5-19(6-4-17)7-8-20-9-10-21(13-18(20)2)22-11-12-24(25(29)14-22)23-15-26(30)28(32)27(31)16-23/h3-6,9-16H,7-8H2,1-2H3. The molecular formula is C28H22F4. The number of aryl methyl sites for hydroxylation is 4. The van der Waals surface area contributed by atoms with Gasteiger partial charge in [0.2, 0.25) is 0 Å². The van der Waals surface area contributed by atoms with Gasteiger partial charge in [0.1, 0.15) is 5.82 Å². The zero-order valence-corrected chi connectivity index (χ0v) is 17.9. The van der Waals surface area contributed by atoms with Crippen molar-refractivity contribution in [3.05, 3.63) is 118 Å². The summed E-state index contributed by atoms with van der Waals surface area (Å²) in [5.41, 5.74) is 6.33. The van der Waals surface area contributed by atoms with Crippen LogP contribution < -0.4 is 0 Å².